The maximum atomic E-state index is 13.4. The fraction of sp³-hybridized carbons (Fsp3) is 0.448. The Hall–Kier alpha value is -3.43. The van der Waals surface area contributed by atoms with Crippen LogP contribution in [0.2, 0.25) is 5.02 Å². The summed E-state index contributed by atoms with van der Waals surface area (Å²) in [5, 5.41) is 11.7. The Labute approximate surface area is 234 Å². The van der Waals surface area contributed by atoms with Crippen molar-refractivity contribution in [2.24, 2.45) is 0 Å². The third-order valence-corrected chi connectivity index (χ3v) is 7.11. The Balaban J connectivity index is 2.18. The molecule has 1 amide bonds. The van der Waals surface area contributed by atoms with Gasteiger partial charge in [-0.25, -0.2) is 0 Å². The predicted octanol–water partition coefficient (Wildman–Crippen LogP) is 4.92. The molecule has 0 aromatic heterocycles. The van der Waals surface area contributed by atoms with E-state index < -0.39 is 17.7 Å². The zero-order chi connectivity index (χ0) is 28.7. The van der Waals surface area contributed by atoms with Gasteiger partial charge < -0.3 is 33.9 Å². The molecule has 1 aliphatic heterocycles. The number of ether oxygens (including phenoxy) is 4. The van der Waals surface area contributed by atoms with E-state index in [4.69, 9.17) is 30.5 Å². The second-order valence-electron chi connectivity index (χ2n) is 8.91. The number of aliphatic hydroxyl groups is 1. The van der Waals surface area contributed by atoms with E-state index in [9.17, 15) is 14.7 Å². The van der Waals surface area contributed by atoms with Gasteiger partial charge in [0.25, 0.3) is 11.7 Å². The van der Waals surface area contributed by atoms with E-state index in [1.54, 1.807) is 24.3 Å². The summed E-state index contributed by atoms with van der Waals surface area (Å²) in [7, 11) is 4.48. The second-order valence-corrected chi connectivity index (χ2v) is 9.32. The minimum absolute atomic E-state index is 0.0441. The number of ketones is 1. The number of hydrogen-bond donors (Lipinski definition) is 1. The Kier molecular flexibility index (Phi) is 10.5. The number of halogens is 1. The van der Waals surface area contributed by atoms with Gasteiger partial charge in [0.2, 0.25) is 5.75 Å². The van der Waals surface area contributed by atoms with Gasteiger partial charge in [0.05, 0.1) is 44.6 Å². The van der Waals surface area contributed by atoms with Gasteiger partial charge in [0.1, 0.15) is 11.5 Å². The molecule has 0 radical (unpaired) electrons. The summed E-state index contributed by atoms with van der Waals surface area (Å²) in [4.78, 5) is 30.6. The molecule has 9 nitrogen and oxygen atoms in total. The maximum absolute atomic E-state index is 13.4. The molecule has 1 fully saturated rings. The highest BCUT2D eigenvalue weighted by atomic mass is 35.5. The smallest absolute Gasteiger partial charge is 0.295 e. The summed E-state index contributed by atoms with van der Waals surface area (Å²) in [6, 6.07) is 7.23. The summed E-state index contributed by atoms with van der Waals surface area (Å²) in [5.41, 5.74) is 0.782. The number of likely N-dealkylation sites (tertiary alicyclic amines) is 1. The average molecular weight is 561 g/mol. The van der Waals surface area contributed by atoms with Crippen molar-refractivity contribution in [3.63, 3.8) is 0 Å². The molecule has 1 heterocycles. The van der Waals surface area contributed by atoms with Crippen molar-refractivity contribution in [1.29, 1.82) is 0 Å². The second kappa shape index (κ2) is 13.6. The fourth-order valence-corrected chi connectivity index (χ4v) is 5.03. The number of hydrogen-bond acceptors (Lipinski definition) is 8. The lowest BCUT2D eigenvalue weighted by Gasteiger charge is -2.27. The molecule has 0 bridgehead atoms. The number of amides is 1. The third-order valence-electron chi connectivity index (χ3n) is 6.82. The van der Waals surface area contributed by atoms with Crippen LogP contribution in [0.4, 0.5) is 0 Å². The summed E-state index contributed by atoms with van der Waals surface area (Å²) < 4.78 is 22.0. The molecule has 1 aliphatic rings. The molecule has 0 unspecified atom stereocenters. The van der Waals surface area contributed by atoms with Gasteiger partial charge in [0.15, 0.2) is 11.5 Å². The van der Waals surface area contributed by atoms with Crippen molar-refractivity contribution in [3.8, 4) is 23.0 Å². The molecular weight excluding hydrogens is 524 g/mol. The van der Waals surface area contributed by atoms with Crippen molar-refractivity contribution >= 4 is 29.1 Å². The van der Waals surface area contributed by atoms with E-state index in [1.807, 2.05) is 6.92 Å². The van der Waals surface area contributed by atoms with Crippen LogP contribution < -0.4 is 18.9 Å². The van der Waals surface area contributed by atoms with Gasteiger partial charge in [-0.2, -0.15) is 0 Å². The molecule has 0 aliphatic carbocycles. The first-order chi connectivity index (χ1) is 18.8. The minimum atomic E-state index is -0.888. The van der Waals surface area contributed by atoms with Crippen LogP contribution in [0.3, 0.4) is 0 Å². The third kappa shape index (κ3) is 6.25. The van der Waals surface area contributed by atoms with Gasteiger partial charge in [-0.15, -0.1) is 0 Å². The van der Waals surface area contributed by atoms with Crippen molar-refractivity contribution in [1.82, 2.24) is 9.80 Å². The summed E-state index contributed by atoms with van der Waals surface area (Å²) >= 11 is 6.37. The predicted molar refractivity (Wildman–Crippen MR) is 150 cm³/mol. The highest BCUT2D eigenvalue weighted by molar-refractivity contribution is 6.46. The number of rotatable bonds is 13. The van der Waals surface area contributed by atoms with Gasteiger partial charge >= 0.3 is 0 Å². The van der Waals surface area contributed by atoms with E-state index in [-0.39, 0.29) is 16.4 Å². The van der Waals surface area contributed by atoms with E-state index in [1.165, 1.54) is 32.3 Å². The molecule has 1 atom stereocenters. The zero-order valence-electron chi connectivity index (χ0n) is 23.4. The molecule has 0 spiro atoms. The van der Waals surface area contributed by atoms with E-state index in [0.29, 0.717) is 53.7 Å². The number of carbonyl (C=O) groups excluding carboxylic acids is 2. The standard InChI is InChI=1S/C29H37ClN2O7/c1-7-31(8-2)13-10-14-32-25(19-16-22(36-4)28(38-6)23(17-19)37-5)24(27(34)29(32)35)26(33)18-11-12-21(39-9-3)20(30)15-18/h11-12,15-17,25,33H,7-10,13-14H2,1-6H3/b26-24+/t25-/m0/s1. The van der Waals surface area contributed by atoms with Crippen LogP contribution in [0, 0.1) is 0 Å². The molecule has 0 saturated carbocycles. The lowest BCUT2D eigenvalue weighted by Crippen LogP contribution is -2.33. The minimum Gasteiger partial charge on any atom is -0.507 e. The Bertz CT molecular complexity index is 1200. The number of carbonyl (C=O) groups is 2. The molecule has 212 valence electrons. The van der Waals surface area contributed by atoms with Crippen LogP contribution in [0.15, 0.2) is 35.9 Å². The van der Waals surface area contributed by atoms with E-state index in [2.05, 4.69) is 18.7 Å². The van der Waals surface area contributed by atoms with Gasteiger partial charge in [0, 0.05) is 12.1 Å². The average Bonchev–Trinajstić information content (AvgIpc) is 3.20. The van der Waals surface area contributed by atoms with Crippen molar-refractivity contribution in [2.75, 3.05) is 54.1 Å². The highest BCUT2D eigenvalue weighted by Gasteiger charge is 2.46. The molecule has 39 heavy (non-hydrogen) atoms. The Morgan fingerprint density at radius 2 is 1.62 bits per heavy atom. The van der Waals surface area contributed by atoms with Gasteiger partial charge in [-0.3, -0.25) is 9.59 Å². The lowest BCUT2D eigenvalue weighted by molar-refractivity contribution is -0.140. The van der Waals surface area contributed by atoms with Crippen LogP contribution >= 0.6 is 11.6 Å². The Morgan fingerprint density at radius 3 is 2.13 bits per heavy atom. The van der Waals surface area contributed by atoms with Crippen LogP contribution in [-0.4, -0.2) is 80.7 Å². The van der Waals surface area contributed by atoms with Crippen LogP contribution in [0.25, 0.3) is 5.76 Å². The molecule has 1 saturated heterocycles. The fourth-order valence-electron chi connectivity index (χ4n) is 4.80. The number of methoxy groups -OCH3 is 3. The zero-order valence-corrected chi connectivity index (χ0v) is 24.1. The summed E-state index contributed by atoms with van der Waals surface area (Å²) in [5.74, 6) is -0.238. The number of nitrogens with zero attached hydrogens (tertiary/aromatic N) is 2. The molecule has 3 rings (SSSR count). The summed E-state index contributed by atoms with van der Waals surface area (Å²) in [6.45, 7) is 9.24. The lowest BCUT2D eigenvalue weighted by atomic mass is 9.94. The highest BCUT2D eigenvalue weighted by Crippen LogP contribution is 2.46. The first kappa shape index (κ1) is 30.1. The molecule has 10 heteroatoms. The summed E-state index contributed by atoms with van der Waals surface area (Å²) in [6.07, 6.45) is 0.643. The van der Waals surface area contributed by atoms with Crippen molar-refractivity contribution in [3.05, 3.63) is 52.1 Å². The van der Waals surface area contributed by atoms with Crippen LogP contribution in [0.1, 0.15) is 44.4 Å². The topological polar surface area (TPSA) is 97.8 Å². The number of aliphatic hydroxyl groups excluding tert-OH is 1. The Morgan fingerprint density at radius 1 is 0.974 bits per heavy atom. The first-order valence-corrected chi connectivity index (χ1v) is 13.4. The quantitative estimate of drug-likeness (QED) is 0.209. The largest absolute Gasteiger partial charge is 0.507 e. The van der Waals surface area contributed by atoms with Gasteiger partial charge in [-0.05, 0) is 68.9 Å². The molecule has 1 N–H and O–H groups in total. The monoisotopic (exact) mass is 560 g/mol. The number of benzene rings is 2. The SMILES string of the molecule is CCOc1ccc(/C(O)=C2\C(=O)C(=O)N(CCCN(CC)CC)[C@H]2c2cc(OC)c(OC)c(OC)c2)cc1Cl. The molecular formula is C29H37ClN2O7. The molecule has 2 aromatic carbocycles. The first-order valence-electron chi connectivity index (χ1n) is 13.0. The van der Waals surface area contributed by atoms with Crippen molar-refractivity contribution in [2.45, 2.75) is 33.2 Å². The van der Waals surface area contributed by atoms with E-state index in [0.717, 1.165) is 19.6 Å². The van der Waals surface area contributed by atoms with Gasteiger partial charge in [-0.1, -0.05) is 25.4 Å². The van der Waals surface area contributed by atoms with Crippen molar-refractivity contribution < 1.29 is 33.6 Å². The van der Waals surface area contributed by atoms with Crippen LogP contribution in [0.5, 0.6) is 23.0 Å². The normalized spacial score (nSPS) is 16.6. The van der Waals surface area contributed by atoms with E-state index >= 15 is 0 Å². The maximum Gasteiger partial charge on any atom is 0.295 e. The molecule has 2 aromatic rings. The van der Waals surface area contributed by atoms with Crippen LogP contribution in [-0.2, 0) is 9.59 Å². The number of Topliss-reactive ketones (excluding diaryl/α,β-unsaturated/α-hetero) is 1.